The number of unbranched alkanes of at least 4 members (excludes halogenated alkanes) is 5. The Labute approximate surface area is 204 Å². The van der Waals surface area contributed by atoms with Crippen molar-refractivity contribution in [3.8, 4) is 22.9 Å². The van der Waals surface area contributed by atoms with Gasteiger partial charge >= 0.3 is 5.97 Å². The van der Waals surface area contributed by atoms with Crippen molar-refractivity contribution in [1.82, 2.24) is 0 Å². The normalized spacial score (nSPS) is 10.6. The molecule has 3 aromatic carbocycles. The fourth-order valence-electron chi connectivity index (χ4n) is 4.04. The molecule has 0 unspecified atom stereocenters. The standard InChI is InChI=1S/C31H35NO2/c1-2-3-4-5-6-9-25-12-14-26(15-13-25)10-7-8-11-31(33)34-30-22-20-29(21-23-30)28-18-16-27(24-32)17-19-28/h12-23H,2-11H2,1H3. The van der Waals surface area contributed by atoms with E-state index >= 15 is 0 Å². The van der Waals surface area contributed by atoms with Crippen molar-refractivity contribution >= 4 is 5.97 Å². The Balaban J connectivity index is 1.34. The molecule has 3 nitrogen and oxygen atoms in total. The van der Waals surface area contributed by atoms with Crippen LogP contribution in [0.5, 0.6) is 5.75 Å². The first-order chi connectivity index (χ1) is 16.7. The summed E-state index contributed by atoms with van der Waals surface area (Å²) >= 11 is 0. The van der Waals surface area contributed by atoms with Gasteiger partial charge in [0.05, 0.1) is 11.6 Å². The van der Waals surface area contributed by atoms with Crippen LogP contribution in [0, 0.1) is 11.3 Å². The highest BCUT2D eigenvalue weighted by Gasteiger charge is 2.06. The average molecular weight is 454 g/mol. The highest BCUT2D eigenvalue weighted by atomic mass is 16.5. The van der Waals surface area contributed by atoms with Crippen LogP contribution in [0.2, 0.25) is 0 Å². The zero-order valence-corrected chi connectivity index (χ0v) is 20.3. The van der Waals surface area contributed by atoms with E-state index in [1.165, 1.54) is 49.7 Å². The van der Waals surface area contributed by atoms with E-state index in [9.17, 15) is 4.79 Å². The second-order valence-electron chi connectivity index (χ2n) is 8.88. The van der Waals surface area contributed by atoms with Crippen LogP contribution in [0.25, 0.3) is 11.1 Å². The van der Waals surface area contributed by atoms with Crippen molar-refractivity contribution in [2.45, 2.75) is 71.1 Å². The summed E-state index contributed by atoms with van der Waals surface area (Å²) in [6.07, 6.45) is 11.0. The predicted molar refractivity (Wildman–Crippen MR) is 139 cm³/mol. The second kappa shape index (κ2) is 14.0. The molecule has 3 aromatic rings. The highest BCUT2D eigenvalue weighted by molar-refractivity contribution is 5.73. The summed E-state index contributed by atoms with van der Waals surface area (Å²) < 4.78 is 5.49. The minimum absolute atomic E-state index is 0.190. The van der Waals surface area contributed by atoms with Crippen molar-refractivity contribution in [2.24, 2.45) is 0 Å². The van der Waals surface area contributed by atoms with Crippen LogP contribution in [0.15, 0.2) is 72.8 Å². The summed E-state index contributed by atoms with van der Waals surface area (Å²) in [5.41, 5.74) is 5.44. The summed E-state index contributed by atoms with van der Waals surface area (Å²) in [6.45, 7) is 2.25. The molecule has 0 aliphatic heterocycles. The lowest BCUT2D eigenvalue weighted by Gasteiger charge is -2.07. The van der Waals surface area contributed by atoms with E-state index in [2.05, 4.69) is 37.3 Å². The summed E-state index contributed by atoms with van der Waals surface area (Å²) in [5, 5.41) is 8.91. The number of esters is 1. The molecular formula is C31H35NO2. The van der Waals surface area contributed by atoms with Crippen molar-refractivity contribution < 1.29 is 9.53 Å². The molecular weight excluding hydrogens is 418 g/mol. The lowest BCUT2D eigenvalue weighted by Crippen LogP contribution is -2.07. The molecule has 176 valence electrons. The monoisotopic (exact) mass is 453 g/mol. The molecule has 0 aromatic heterocycles. The number of hydrogen-bond donors (Lipinski definition) is 0. The highest BCUT2D eigenvalue weighted by Crippen LogP contribution is 2.23. The average Bonchev–Trinajstić information content (AvgIpc) is 2.88. The first-order valence-corrected chi connectivity index (χ1v) is 12.6. The summed E-state index contributed by atoms with van der Waals surface area (Å²) in [4.78, 5) is 12.2. The van der Waals surface area contributed by atoms with E-state index in [1.54, 1.807) is 12.1 Å². The first kappa shape index (κ1) is 25.2. The molecule has 0 heterocycles. The second-order valence-corrected chi connectivity index (χ2v) is 8.88. The maximum atomic E-state index is 12.2. The van der Waals surface area contributed by atoms with E-state index in [4.69, 9.17) is 10.00 Å². The minimum Gasteiger partial charge on any atom is -0.427 e. The topological polar surface area (TPSA) is 50.1 Å². The van der Waals surface area contributed by atoms with Crippen molar-refractivity contribution in [1.29, 1.82) is 5.26 Å². The lowest BCUT2D eigenvalue weighted by molar-refractivity contribution is -0.134. The molecule has 0 saturated carbocycles. The van der Waals surface area contributed by atoms with Gasteiger partial charge < -0.3 is 4.74 Å². The Morgan fingerprint density at radius 3 is 1.79 bits per heavy atom. The zero-order chi connectivity index (χ0) is 24.0. The molecule has 0 bridgehead atoms. The summed E-state index contributed by atoms with van der Waals surface area (Å²) in [6, 6.07) is 26.0. The van der Waals surface area contributed by atoms with E-state index in [-0.39, 0.29) is 5.97 Å². The van der Waals surface area contributed by atoms with Crippen LogP contribution in [0.4, 0.5) is 0 Å². The van der Waals surface area contributed by atoms with Gasteiger partial charge in [-0.25, -0.2) is 0 Å². The first-order valence-electron chi connectivity index (χ1n) is 12.6. The summed E-state index contributed by atoms with van der Waals surface area (Å²) in [5.74, 6) is 0.372. The van der Waals surface area contributed by atoms with Gasteiger partial charge in [0.25, 0.3) is 0 Å². The Morgan fingerprint density at radius 1 is 0.706 bits per heavy atom. The van der Waals surface area contributed by atoms with E-state index in [1.807, 2.05) is 36.4 Å². The Bertz CT molecular complexity index is 1040. The largest absolute Gasteiger partial charge is 0.427 e. The zero-order valence-electron chi connectivity index (χ0n) is 20.3. The van der Waals surface area contributed by atoms with Crippen LogP contribution < -0.4 is 4.74 Å². The third-order valence-corrected chi connectivity index (χ3v) is 6.12. The maximum Gasteiger partial charge on any atom is 0.311 e. The van der Waals surface area contributed by atoms with Gasteiger partial charge in [-0.1, -0.05) is 81.1 Å². The van der Waals surface area contributed by atoms with Gasteiger partial charge in [0.15, 0.2) is 0 Å². The molecule has 0 atom stereocenters. The number of ether oxygens (including phenoxy) is 1. The quantitative estimate of drug-likeness (QED) is 0.149. The number of hydrogen-bond acceptors (Lipinski definition) is 3. The molecule has 0 aliphatic carbocycles. The molecule has 0 saturated heterocycles. The molecule has 0 aliphatic rings. The number of carbonyl (C=O) groups excluding carboxylic acids is 1. The number of aryl methyl sites for hydroxylation is 2. The van der Waals surface area contributed by atoms with Gasteiger partial charge in [-0.2, -0.15) is 5.26 Å². The van der Waals surface area contributed by atoms with E-state index in [0.29, 0.717) is 17.7 Å². The molecule has 0 radical (unpaired) electrons. The number of carbonyl (C=O) groups is 1. The molecule has 0 fully saturated rings. The number of nitriles is 1. The van der Waals surface area contributed by atoms with Gasteiger partial charge in [-0.3, -0.25) is 4.79 Å². The van der Waals surface area contributed by atoms with Crippen molar-refractivity contribution in [2.75, 3.05) is 0 Å². The molecule has 0 N–H and O–H groups in total. The maximum absolute atomic E-state index is 12.2. The van der Waals surface area contributed by atoms with E-state index in [0.717, 1.165) is 30.4 Å². The van der Waals surface area contributed by atoms with E-state index < -0.39 is 0 Å². The van der Waals surface area contributed by atoms with Crippen LogP contribution in [-0.4, -0.2) is 5.97 Å². The third-order valence-electron chi connectivity index (χ3n) is 6.12. The van der Waals surface area contributed by atoms with Gasteiger partial charge in [0, 0.05) is 6.42 Å². The van der Waals surface area contributed by atoms with Crippen molar-refractivity contribution in [3.05, 3.63) is 89.5 Å². The van der Waals surface area contributed by atoms with Crippen molar-refractivity contribution in [3.63, 3.8) is 0 Å². The van der Waals surface area contributed by atoms with Crippen LogP contribution >= 0.6 is 0 Å². The molecule has 0 spiro atoms. The summed E-state index contributed by atoms with van der Waals surface area (Å²) in [7, 11) is 0. The van der Waals surface area contributed by atoms with Crippen LogP contribution in [0.1, 0.15) is 75.0 Å². The SMILES string of the molecule is CCCCCCCc1ccc(CCCCC(=O)Oc2ccc(-c3ccc(C#N)cc3)cc2)cc1. The molecule has 3 rings (SSSR count). The Morgan fingerprint density at radius 2 is 1.24 bits per heavy atom. The van der Waals surface area contributed by atoms with Gasteiger partial charge in [0.1, 0.15) is 5.75 Å². The van der Waals surface area contributed by atoms with Gasteiger partial charge in [0.2, 0.25) is 0 Å². The molecule has 34 heavy (non-hydrogen) atoms. The molecule has 0 amide bonds. The fraction of sp³-hybridized carbons (Fsp3) is 0.355. The third kappa shape index (κ3) is 8.52. The Kier molecular flexibility index (Phi) is 10.4. The minimum atomic E-state index is -0.190. The molecule has 3 heteroatoms. The predicted octanol–water partition coefficient (Wildman–Crippen LogP) is 8.06. The Hall–Kier alpha value is -3.38. The smallest absolute Gasteiger partial charge is 0.311 e. The fourth-order valence-corrected chi connectivity index (χ4v) is 4.04. The van der Waals surface area contributed by atoms with Crippen LogP contribution in [-0.2, 0) is 17.6 Å². The number of benzene rings is 3. The van der Waals surface area contributed by atoms with Crippen LogP contribution in [0.3, 0.4) is 0 Å². The number of rotatable bonds is 13. The lowest BCUT2D eigenvalue weighted by atomic mass is 10.0. The van der Waals surface area contributed by atoms with Gasteiger partial charge in [-0.05, 0) is 78.6 Å². The number of nitrogens with zero attached hydrogens (tertiary/aromatic N) is 1. The van der Waals surface area contributed by atoms with Gasteiger partial charge in [-0.15, -0.1) is 0 Å².